The highest BCUT2D eigenvalue weighted by molar-refractivity contribution is 7.09. The molecule has 0 fully saturated rings. The van der Waals surface area contributed by atoms with Gasteiger partial charge >= 0.3 is 6.18 Å². The maximum absolute atomic E-state index is 12.6. The molecule has 112 valence electrons. The number of nitrogen functional groups attached to an aromatic ring is 1. The number of hydrogen-bond acceptors (Lipinski definition) is 4. The number of rotatable bonds is 5. The second kappa shape index (κ2) is 6.13. The Balaban J connectivity index is 2.16. The van der Waals surface area contributed by atoms with Gasteiger partial charge in [0.15, 0.2) is 0 Å². The quantitative estimate of drug-likeness (QED) is 0.658. The van der Waals surface area contributed by atoms with Crippen LogP contribution in [0.3, 0.4) is 0 Å². The highest BCUT2D eigenvalue weighted by Gasteiger charge is 2.33. The standard InChI is InChI=1S/C13H12F3N3OS/c14-13(15,16)10-4-3-9(11(17)18)12(19-10)20-6-5-8-2-1-7-21-8/h1-4,7H,5-6H2,(H3,17,18). The van der Waals surface area contributed by atoms with Gasteiger partial charge in [-0.15, -0.1) is 11.3 Å². The smallest absolute Gasteiger partial charge is 0.433 e. The maximum Gasteiger partial charge on any atom is 0.433 e. The molecule has 0 aliphatic heterocycles. The lowest BCUT2D eigenvalue weighted by atomic mass is 10.2. The Labute approximate surface area is 122 Å². The number of amidine groups is 1. The number of ether oxygens (including phenoxy) is 1. The van der Waals surface area contributed by atoms with E-state index in [2.05, 4.69) is 4.98 Å². The normalized spacial score (nSPS) is 11.4. The van der Waals surface area contributed by atoms with Gasteiger partial charge in [0.1, 0.15) is 11.5 Å². The molecular weight excluding hydrogens is 303 g/mol. The molecule has 3 N–H and O–H groups in total. The van der Waals surface area contributed by atoms with Crippen LogP contribution in [0.1, 0.15) is 16.1 Å². The third-order valence-corrected chi connectivity index (χ3v) is 3.54. The topological polar surface area (TPSA) is 72.0 Å². The number of pyridine rings is 1. The Kier molecular flexibility index (Phi) is 4.46. The number of hydrogen-bond donors (Lipinski definition) is 2. The van der Waals surface area contributed by atoms with Gasteiger partial charge < -0.3 is 10.5 Å². The SMILES string of the molecule is N=C(N)c1ccc(C(F)(F)F)nc1OCCc1cccs1. The van der Waals surface area contributed by atoms with Gasteiger partial charge in [0.25, 0.3) is 0 Å². The van der Waals surface area contributed by atoms with Crippen LogP contribution in [0.5, 0.6) is 5.88 Å². The predicted molar refractivity (Wildman–Crippen MR) is 73.8 cm³/mol. The molecule has 0 aliphatic rings. The van der Waals surface area contributed by atoms with Gasteiger partial charge in [-0.2, -0.15) is 13.2 Å². The van der Waals surface area contributed by atoms with Crippen molar-refractivity contribution in [2.24, 2.45) is 5.73 Å². The summed E-state index contributed by atoms with van der Waals surface area (Å²) in [7, 11) is 0. The molecule has 0 spiro atoms. The number of halogens is 3. The second-order valence-electron chi connectivity index (χ2n) is 4.14. The van der Waals surface area contributed by atoms with Crippen LogP contribution in [0.2, 0.25) is 0 Å². The number of nitrogens with one attached hydrogen (secondary N) is 1. The highest BCUT2D eigenvalue weighted by Crippen LogP contribution is 2.30. The summed E-state index contributed by atoms with van der Waals surface area (Å²) in [6.45, 7) is 0.162. The Morgan fingerprint density at radius 2 is 2.10 bits per heavy atom. The number of nitrogens with two attached hydrogens (primary N) is 1. The number of nitrogens with zero attached hydrogens (tertiary/aromatic N) is 1. The van der Waals surface area contributed by atoms with E-state index in [0.717, 1.165) is 17.0 Å². The van der Waals surface area contributed by atoms with E-state index in [1.165, 1.54) is 11.3 Å². The van der Waals surface area contributed by atoms with Crippen LogP contribution in [0.25, 0.3) is 0 Å². The fourth-order valence-electron chi connectivity index (χ4n) is 1.62. The van der Waals surface area contributed by atoms with Crippen molar-refractivity contribution in [3.63, 3.8) is 0 Å². The second-order valence-corrected chi connectivity index (χ2v) is 5.17. The molecule has 2 aromatic heterocycles. The largest absolute Gasteiger partial charge is 0.477 e. The number of thiophene rings is 1. The summed E-state index contributed by atoms with van der Waals surface area (Å²) >= 11 is 1.53. The van der Waals surface area contributed by atoms with E-state index in [1.807, 2.05) is 17.5 Å². The molecule has 0 saturated heterocycles. The summed E-state index contributed by atoms with van der Waals surface area (Å²) < 4.78 is 43.2. The Morgan fingerprint density at radius 3 is 2.67 bits per heavy atom. The molecule has 4 nitrogen and oxygen atoms in total. The highest BCUT2D eigenvalue weighted by atomic mass is 32.1. The molecule has 2 rings (SSSR count). The van der Waals surface area contributed by atoms with Crippen molar-refractivity contribution in [1.82, 2.24) is 4.98 Å². The maximum atomic E-state index is 12.6. The number of aromatic nitrogens is 1. The van der Waals surface area contributed by atoms with E-state index >= 15 is 0 Å². The molecular formula is C13H12F3N3OS. The third kappa shape index (κ3) is 3.94. The van der Waals surface area contributed by atoms with E-state index in [1.54, 1.807) is 0 Å². The fraction of sp³-hybridized carbons (Fsp3) is 0.231. The lowest BCUT2D eigenvalue weighted by Gasteiger charge is -2.12. The Hall–Kier alpha value is -2.09. The molecule has 0 atom stereocenters. The van der Waals surface area contributed by atoms with Gasteiger partial charge in [0.2, 0.25) is 5.88 Å². The molecule has 0 saturated carbocycles. The van der Waals surface area contributed by atoms with E-state index in [-0.39, 0.29) is 23.9 Å². The van der Waals surface area contributed by atoms with Crippen molar-refractivity contribution < 1.29 is 17.9 Å². The average Bonchev–Trinajstić information content (AvgIpc) is 2.90. The van der Waals surface area contributed by atoms with Gasteiger partial charge in [0, 0.05) is 11.3 Å². The molecule has 0 unspecified atom stereocenters. The van der Waals surface area contributed by atoms with Crippen molar-refractivity contribution in [3.05, 3.63) is 45.8 Å². The van der Waals surface area contributed by atoms with Crippen LogP contribution in [0, 0.1) is 5.41 Å². The monoisotopic (exact) mass is 315 g/mol. The summed E-state index contributed by atoms with van der Waals surface area (Å²) in [5, 5.41) is 9.26. The van der Waals surface area contributed by atoms with Crippen LogP contribution in [-0.4, -0.2) is 17.4 Å². The first-order valence-electron chi connectivity index (χ1n) is 5.96. The van der Waals surface area contributed by atoms with E-state index in [9.17, 15) is 13.2 Å². The molecule has 0 bridgehead atoms. The predicted octanol–water partition coefficient (Wildman–Crippen LogP) is 3.07. The summed E-state index contributed by atoms with van der Waals surface area (Å²) in [5.74, 6) is -0.656. The van der Waals surface area contributed by atoms with Crippen LogP contribution in [-0.2, 0) is 12.6 Å². The number of alkyl halides is 3. The Morgan fingerprint density at radius 1 is 1.33 bits per heavy atom. The molecule has 0 radical (unpaired) electrons. The van der Waals surface area contributed by atoms with Crippen molar-refractivity contribution in [1.29, 1.82) is 5.41 Å². The lowest BCUT2D eigenvalue weighted by Crippen LogP contribution is -2.17. The summed E-state index contributed by atoms with van der Waals surface area (Å²) in [6.07, 6.45) is -4.02. The van der Waals surface area contributed by atoms with Gasteiger partial charge in [-0.25, -0.2) is 4.98 Å². The zero-order chi connectivity index (χ0) is 15.5. The third-order valence-electron chi connectivity index (χ3n) is 2.61. The van der Waals surface area contributed by atoms with Crippen LogP contribution < -0.4 is 10.5 Å². The zero-order valence-corrected chi connectivity index (χ0v) is 11.6. The van der Waals surface area contributed by atoms with Crippen LogP contribution in [0.15, 0.2) is 29.6 Å². The van der Waals surface area contributed by atoms with Gasteiger partial charge in [-0.3, -0.25) is 5.41 Å². The van der Waals surface area contributed by atoms with E-state index in [0.29, 0.717) is 6.42 Å². The van der Waals surface area contributed by atoms with E-state index < -0.39 is 11.9 Å². The molecule has 0 aromatic carbocycles. The lowest BCUT2D eigenvalue weighted by molar-refractivity contribution is -0.141. The molecule has 0 aliphatic carbocycles. The van der Waals surface area contributed by atoms with Crippen molar-refractivity contribution in [2.75, 3.05) is 6.61 Å². The molecule has 2 aromatic rings. The fourth-order valence-corrected chi connectivity index (χ4v) is 2.31. The van der Waals surface area contributed by atoms with Crippen molar-refractivity contribution in [2.45, 2.75) is 12.6 Å². The van der Waals surface area contributed by atoms with E-state index in [4.69, 9.17) is 15.9 Å². The minimum absolute atomic E-state index is 0.0502. The minimum Gasteiger partial charge on any atom is -0.477 e. The van der Waals surface area contributed by atoms with Crippen molar-refractivity contribution in [3.8, 4) is 5.88 Å². The summed E-state index contributed by atoms with van der Waals surface area (Å²) in [6, 6.07) is 5.66. The van der Waals surface area contributed by atoms with Gasteiger partial charge in [-0.1, -0.05) is 6.07 Å². The summed E-state index contributed by atoms with van der Waals surface area (Å²) in [4.78, 5) is 4.47. The van der Waals surface area contributed by atoms with Gasteiger partial charge in [0.05, 0.1) is 12.2 Å². The first kappa shape index (κ1) is 15.3. The molecule has 21 heavy (non-hydrogen) atoms. The van der Waals surface area contributed by atoms with Crippen LogP contribution >= 0.6 is 11.3 Å². The Bertz CT molecular complexity index is 626. The zero-order valence-electron chi connectivity index (χ0n) is 10.8. The first-order chi connectivity index (χ1) is 9.88. The molecule has 0 amide bonds. The first-order valence-corrected chi connectivity index (χ1v) is 6.83. The summed E-state index contributed by atoms with van der Waals surface area (Å²) in [5.41, 5.74) is 4.30. The van der Waals surface area contributed by atoms with Crippen molar-refractivity contribution >= 4 is 17.2 Å². The minimum atomic E-state index is -4.57. The molecule has 2 heterocycles. The van der Waals surface area contributed by atoms with Crippen LogP contribution in [0.4, 0.5) is 13.2 Å². The molecule has 8 heteroatoms. The van der Waals surface area contributed by atoms with Gasteiger partial charge in [-0.05, 0) is 23.6 Å². The average molecular weight is 315 g/mol.